The van der Waals surface area contributed by atoms with Gasteiger partial charge in [-0.15, -0.1) is 0 Å². The smallest absolute Gasteiger partial charge is 0.229 e. The van der Waals surface area contributed by atoms with E-state index >= 15 is 0 Å². The number of anilines is 3. The van der Waals surface area contributed by atoms with Gasteiger partial charge in [0.25, 0.3) is 0 Å². The van der Waals surface area contributed by atoms with E-state index in [-0.39, 0.29) is 28.6 Å². The largest absolute Gasteiger partial charge is 0.368 e. The third-order valence-corrected chi connectivity index (χ3v) is 4.74. The number of nitrogen functional groups attached to an aromatic ring is 1. The Bertz CT molecular complexity index is 1200. The minimum absolute atomic E-state index is 0.0257. The molecule has 0 aliphatic heterocycles. The van der Waals surface area contributed by atoms with Crippen molar-refractivity contribution >= 4 is 40.3 Å². The Kier molecular flexibility index (Phi) is 3.83. The number of nitrogens with zero attached hydrogens (tertiary/aromatic N) is 6. The van der Waals surface area contributed by atoms with E-state index in [1.165, 1.54) is 6.07 Å². The minimum Gasteiger partial charge on any atom is -0.368 e. The summed E-state index contributed by atoms with van der Waals surface area (Å²) in [5.41, 5.74) is 7.81. The number of hydrogen-bond acceptors (Lipinski definition) is 7. The molecular formula is C18H14ClFN8. The van der Waals surface area contributed by atoms with Gasteiger partial charge in [-0.25, -0.2) is 24.3 Å². The van der Waals surface area contributed by atoms with Crippen molar-refractivity contribution in [1.29, 1.82) is 0 Å². The Morgan fingerprint density at radius 3 is 2.79 bits per heavy atom. The molecule has 3 aromatic heterocycles. The van der Waals surface area contributed by atoms with E-state index in [1.54, 1.807) is 30.6 Å². The first-order valence-electron chi connectivity index (χ1n) is 8.65. The van der Waals surface area contributed by atoms with Gasteiger partial charge >= 0.3 is 0 Å². The molecule has 1 saturated carbocycles. The molecule has 1 fully saturated rings. The molecule has 4 aromatic rings. The average Bonchev–Trinajstić information content (AvgIpc) is 3.45. The van der Waals surface area contributed by atoms with Gasteiger partial charge in [0, 0.05) is 12.2 Å². The number of imidazole rings is 1. The molecule has 0 atom stereocenters. The van der Waals surface area contributed by atoms with Crippen LogP contribution in [0.3, 0.4) is 0 Å². The molecule has 1 aliphatic rings. The topological polar surface area (TPSA) is 107 Å². The molecule has 3 N–H and O–H groups in total. The van der Waals surface area contributed by atoms with Crippen LogP contribution in [0.1, 0.15) is 18.9 Å². The summed E-state index contributed by atoms with van der Waals surface area (Å²) < 4.78 is 16.2. The normalized spacial score (nSPS) is 13.8. The summed E-state index contributed by atoms with van der Waals surface area (Å²) in [6.07, 6.45) is 5.23. The maximum absolute atomic E-state index is 14.2. The Morgan fingerprint density at radius 2 is 2.00 bits per heavy atom. The Morgan fingerprint density at radius 1 is 1.14 bits per heavy atom. The number of hydrogen-bond donors (Lipinski definition) is 2. The molecule has 0 bridgehead atoms. The fourth-order valence-corrected chi connectivity index (χ4v) is 3.20. The van der Waals surface area contributed by atoms with E-state index in [1.807, 2.05) is 4.57 Å². The number of benzene rings is 1. The lowest BCUT2D eigenvalue weighted by atomic mass is 10.3. The van der Waals surface area contributed by atoms with Gasteiger partial charge in [0.15, 0.2) is 17.3 Å². The first-order chi connectivity index (χ1) is 13.6. The summed E-state index contributed by atoms with van der Waals surface area (Å²) in [6.45, 7) is 0. The fourth-order valence-electron chi connectivity index (χ4n) is 3.03. The molecule has 28 heavy (non-hydrogen) atoms. The van der Waals surface area contributed by atoms with Gasteiger partial charge in [-0.2, -0.15) is 4.98 Å². The summed E-state index contributed by atoms with van der Waals surface area (Å²) >= 11 is 5.84. The molecule has 0 unspecified atom stereocenters. The molecule has 5 rings (SSSR count). The summed E-state index contributed by atoms with van der Waals surface area (Å²) in [7, 11) is 0. The maximum atomic E-state index is 14.2. The van der Waals surface area contributed by atoms with Gasteiger partial charge in [0.1, 0.15) is 11.2 Å². The minimum atomic E-state index is -0.555. The zero-order chi connectivity index (χ0) is 19.3. The third-order valence-electron chi connectivity index (χ3n) is 4.45. The van der Waals surface area contributed by atoms with E-state index < -0.39 is 5.82 Å². The van der Waals surface area contributed by atoms with Gasteiger partial charge in [0.05, 0.1) is 16.9 Å². The highest BCUT2D eigenvalue weighted by Gasteiger charge is 2.30. The lowest BCUT2D eigenvalue weighted by Crippen LogP contribution is -2.04. The SMILES string of the molecule is Nc1nccc(-c2nc3cnc(Nc4cccc(Cl)c4F)nc3n2C2CC2)n1. The number of aromatic nitrogens is 6. The third kappa shape index (κ3) is 2.89. The second kappa shape index (κ2) is 6.38. The van der Waals surface area contributed by atoms with Crippen molar-refractivity contribution in [2.24, 2.45) is 0 Å². The quantitative estimate of drug-likeness (QED) is 0.541. The fraction of sp³-hybridized carbons (Fsp3) is 0.167. The summed E-state index contributed by atoms with van der Waals surface area (Å²) in [6, 6.07) is 6.74. The number of nitrogens with two attached hydrogens (primary N) is 1. The van der Waals surface area contributed by atoms with Crippen molar-refractivity contribution in [2.45, 2.75) is 18.9 Å². The van der Waals surface area contributed by atoms with Crippen LogP contribution in [0.2, 0.25) is 5.02 Å². The van der Waals surface area contributed by atoms with Crippen molar-refractivity contribution in [3.8, 4) is 11.5 Å². The van der Waals surface area contributed by atoms with Crippen LogP contribution in [-0.2, 0) is 0 Å². The van der Waals surface area contributed by atoms with Gasteiger partial charge < -0.3 is 15.6 Å². The average molecular weight is 397 g/mol. The van der Waals surface area contributed by atoms with E-state index in [2.05, 4.69) is 30.2 Å². The van der Waals surface area contributed by atoms with Crippen LogP contribution in [0.25, 0.3) is 22.7 Å². The molecular weight excluding hydrogens is 383 g/mol. The van der Waals surface area contributed by atoms with Gasteiger partial charge in [-0.1, -0.05) is 17.7 Å². The Labute approximate surface area is 163 Å². The summed E-state index contributed by atoms with van der Waals surface area (Å²) in [5.74, 6) is 0.536. The van der Waals surface area contributed by atoms with Crippen molar-refractivity contribution in [3.05, 3.63) is 47.5 Å². The van der Waals surface area contributed by atoms with E-state index in [0.717, 1.165) is 12.8 Å². The Balaban J connectivity index is 1.61. The highest BCUT2D eigenvalue weighted by molar-refractivity contribution is 6.31. The zero-order valence-corrected chi connectivity index (χ0v) is 15.2. The second-order valence-electron chi connectivity index (χ2n) is 6.47. The van der Waals surface area contributed by atoms with Crippen molar-refractivity contribution < 1.29 is 4.39 Å². The lowest BCUT2D eigenvalue weighted by Gasteiger charge is -2.09. The molecule has 140 valence electrons. The van der Waals surface area contributed by atoms with Gasteiger partial charge in [-0.05, 0) is 31.0 Å². The van der Waals surface area contributed by atoms with E-state index in [4.69, 9.17) is 17.3 Å². The zero-order valence-electron chi connectivity index (χ0n) is 14.5. The second-order valence-corrected chi connectivity index (χ2v) is 6.87. The van der Waals surface area contributed by atoms with Crippen LogP contribution in [0.4, 0.5) is 22.0 Å². The van der Waals surface area contributed by atoms with Crippen molar-refractivity contribution in [1.82, 2.24) is 29.5 Å². The molecule has 10 heteroatoms. The molecule has 8 nitrogen and oxygen atoms in total. The van der Waals surface area contributed by atoms with Gasteiger partial charge in [-0.3, -0.25) is 0 Å². The maximum Gasteiger partial charge on any atom is 0.229 e. The van der Waals surface area contributed by atoms with Crippen molar-refractivity contribution in [2.75, 3.05) is 11.1 Å². The van der Waals surface area contributed by atoms with Crippen LogP contribution < -0.4 is 11.1 Å². The lowest BCUT2D eigenvalue weighted by molar-refractivity contribution is 0.632. The predicted molar refractivity (Wildman–Crippen MR) is 104 cm³/mol. The van der Waals surface area contributed by atoms with Crippen LogP contribution in [0.5, 0.6) is 0 Å². The monoisotopic (exact) mass is 396 g/mol. The molecule has 0 amide bonds. The predicted octanol–water partition coefficient (Wildman–Crippen LogP) is 3.74. The molecule has 1 aromatic carbocycles. The summed E-state index contributed by atoms with van der Waals surface area (Å²) in [4.78, 5) is 21.7. The molecule has 0 saturated heterocycles. The number of rotatable bonds is 4. The van der Waals surface area contributed by atoms with E-state index in [0.29, 0.717) is 22.7 Å². The molecule has 0 radical (unpaired) electrons. The molecule has 3 heterocycles. The Hall–Kier alpha value is -3.33. The van der Waals surface area contributed by atoms with Crippen LogP contribution in [-0.4, -0.2) is 29.5 Å². The molecule has 1 aliphatic carbocycles. The number of fused-ring (bicyclic) bond motifs is 1. The number of halogens is 2. The van der Waals surface area contributed by atoms with Crippen LogP contribution in [0, 0.1) is 5.82 Å². The van der Waals surface area contributed by atoms with Crippen molar-refractivity contribution in [3.63, 3.8) is 0 Å². The highest BCUT2D eigenvalue weighted by atomic mass is 35.5. The van der Waals surface area contributed by atoms with Crippen LogP contribution in [0.15, 0.2) is 36.7 Å². The number of nitrogens with one attached hydrogen (secondary N) is 1. The summed E-state index contributed by atoms with van der Waals surface area (Å²) in [5, 5.41) is 2.91. The van der Waals surface area contributed by atoms with Gasteiger partial charge in [0.2, 0.25) is 11.9 Å². The van der Waals surface area contributed by atoms with E-state index in [9.17, 15) is 4.39 Å². The highest BCUT2D eigenvalue weighted by Crippen LogP contribution is 2.40. The first-order valence-corrected chi connectivity index (χ1v) is 9.03. The van der Waals surface area contributed by atoms with Crippen LogP contribution >= 0.6 is 11.6 Å². The first kappa shape index (κ1) is 16.8. The standard InChI is InChI=1S/C18H14ClFN8/c19-10-2-1-3-11(14(10)20)26-18-23-8-13-16(27-18)28(9-4-5-9)15(24-13)12-6-7-22-17(21)25-12/h1-3,6-9H,4-5H2,(H2,21,22,25)(H,23,26,27). The molecule has 0 spiro atoms.